The minimum absolute atomic E-state index is 0.633. The van der Waals surface area contributed by atoms with Crippen LogP contribution in [0, 0.1) is 6.92 Å². The summed E-state index contributed by atoms with van der Waals surface area (Å²) in [5.41, 5.74) is 1.21. The third-order valence-corrected chi connectivity index (χ3v) is 2.79. The molecule has 0 atom stereocenters. The Morgan fingerprint density at radius 2 is 2.44 bits per heavy atom. The van der Waals surface area contributed by atoms with Gasteiger partial charge in [-0.1, -0.05) is 0 Å². The van der Waals surface area contributed by atoms with Gasteiger partial charge in [0.15, 0.2) is 5.11 Å². The van der Waals surface area contributed by atoms with E-state index in [0.29, 0.717) is 6.04 Å². The molecule has 0 amide bonds. The monoisotopic (exact) mass is 238 g/mol. The molecule has 0 aliphatic heterocycles. The molecule has 16 heavy (non-hydrogen) atoms. The van der Waals surface area contributed by atoms with Crippen LogP contribution in [0.15, 0.2) is 12.4 Å². The molecule has 2 rings (SSSR count). The average Bonchev–Trinajstić information content (AvgIpc) is 2.95. The highest BCUT2D eigenvalue weighted by molar-refractivity contribution is 7.80. The van der Waals surface area contributed by atoms with Gasteiger partial charge in [0.25, 0.3) is 0 Å². The largest absolute Gasteiger partial charge is 0.363 e. The molecule has 0 saturated heterocycles. The molecule has 0 bridgehead atoms. The lowest BCUT2D eigenvalue weighted by Crippen LogP contribution is -2.37. The third-order valence-electron chi connectivity index (χ3n) is 2.52. The number of aryl methyl sites for hydroxylation is 2. The number of hydrogen-bond donors (Lipinski definition) is 2. The van der Waals surface area contributed by atoms with Crippen molar-refractivity contribution in [1.82, 2.24) is 20.4 Å². The smallest absolute Gasteiger partial charge is 0.166 e. The van der Waals surface area contributed by atoms with Crippen LogP contribution in [-0.2, 0) is 6.54 Å². The first-order chi connectivity index (χ1) is 7.74. The molecule has 0 radical (unpaired) electrons. The van der Waals surface area contributed by atoms with E-state index < -0.39 is 0 Å². The van der Waals surface area contributed by atoms with Crippen molar-refractivity contribution < 1.29 is 0 Å². The second-order valence-electron chi connectivity index (χ2n) is 4.31. The van der Waals surface area contributed by atoms with E-state index in [9.17, 15) is 0 Å². The summed E-state index contributed by atoms with van der Waals surface area (Å²) < 4.78 is 1.97. The van der Waals surface area contributed by atoms with E-state index in [2.05, 4.69) is 28.9 Å². The summed E-state index contributed by atoms with van der Waals surface area (Å²) in [6, 6.07) is 0.633. The topological polar surface area (TPSA) is 41.9 Å². The van der Waals surface area contributed by atoms with Gasteiger partial charge >= 0.3 is 0 Å². The van der Waals surface area contributed by atoms with Crippen molar-refractivity contribution in [3.05, 3.63) is 18.0 Å². The van der Waals surface area contributed by atoms with Crippen LogP contribution in [0.1, 0.15) is 24.8 Å². The summed E-state index contributed by atoms with van der Waals surface area (Å²) in [6.07, 6.45) is 7.49. The zero-order valence-electron chi connectivity index (χ0n) is 9.57. The SMILES string of the molecule is Cc1cnn(CCCNC(=S)NC2CC2)c1. The van der Waals surface area contributed by atoms with Crippen molar-refractivity contribution >= 4 is 17.3 Å². The van der Waals surface area contributed by atoms with E-state index in [1.807, 2.05) is 10.9 Å². The summed E-state index contributed by atoms with van der Waals surface area (Å²) >= 11 is 5.16. The second-order valence-corrected chi connectivity index (χ2v) is 4.72. The molecule has 1 aromatic heterocycles. The van der Waals surface area contributed by atoms with Crippen molar-refractivity contribution in [2.45, 2.75) is 38.8 Å². The molecule has 0 aromatic carbocycles. The second kappa shape index (κ2) is 5.30. The molecule has 2 N–H and O–H groups in total. The van der Waals surface area contributed by atoms with E-state index in [1.165, 1.54) is 18.4 Å². The number of rotatable bonds is 5. The van der Waals surface area contributed by atoms with Crippen molar-refractivity contribution in [1.29, 1.82) is 0 Å². The van der Waals surface area contributed by atoms with Crippen LogP contribution in [0.2, 0.25) is 0 Å². The van der Waals surface area contributed by atoms with E-state index in [1.54, 1.807) is 0 Å². The van der Waals surface area contributed by atoms with Crippen LogP contribution in [0.25, 0.3) is 0 Å². The van der Waals surface area contributed by atoms with Gasteiger partial charge in [-0.25, -0.2) is 0 Å². The number of thiocarbonyl (C=S) groups is 1. The maximum atomic E-state index is 5.16. The molecule has 1 aliphatic rings. The van der Waals surface area contributed by atoms with Crippen LogP contribution in [0.3, 0.4) is 0 Å². The fraction of sp³-hybridized carbons (Fsp3) is 0.636. The van der Waals surface area contributed by atoms with Gasteiger partial charge < -0.3 is 10.6 Å². The van der Waals surface area contributed by atoms with Crippen molar-refractivity contribution in [2.24, 2.45) is 0 Å². The Bertz CT molecular complexity index is 357. The van der Waals surface area contributed by atoms with Crippen LogP contribution in [-0.4, -0.2) is 27.5 Å². The molecule has 5 heteroatoms. The first kappa shape index (κ1) is 11.4. The van der Waals surface area contributed by atoms with Crippen molar-refractivity contribution in [3.63, 3.8) is 0 Å². The minimum atomic E-state index is 0.633. The predicted octanol–water partition coefficient (Wildman–Crippen LogP) is 1.21. The molecule has 1 aromatic rings. The number of hydrogen-bond acceptors (Lipinski definition) is 2. The molecular formula is C11H18N4S. The Morgan fingerprint density at radius 1 is 1.62 bits per heavy atom. The van der Waals surface area contributed by atoms with Crippen LogP contribution < -0.4 is 10.6 Å². The maximum absolute atomic E-state index is 5.16. The van der Waals surface area contributed by atoms with Gasteiger partial charge in [-0.3, -0.25) is 4.68 Å². The lowest BCUT2D eigenvalue weighted by Gasteiger charge is -2.09. The third kappa shape index (κ3) is 3.81. The summed E-state index contributed by atoms with van der Waals surface area (Å²) in [5.74, 6) is 0. The van der Waals surface area contributed by atoms with Crippen LogP contribution in [0.5, 0.6) is 0 Å². The molecule has 4 nitrogen and oxygen atoms in total. The van der Waals surface area contributed by atoms with Gasteiger partial charge in [0, 0.05) is 25.3 Å². The highest BCUT2D eigenvalue weighted by Crippen LogP contribution is 2.18. The van der Waals surface area contributed by atoms with E-state index in [0.717, 1.165) is 24.6 Å². The zero-order valence-corrected chi connectivity index (χ0v) is 10.4. The van der Waals surface area contributed by atoms with Gasteiger partial charge in [-0.2, -0.15) is 5.10 Å². The van der Waals surface area contributed by atoms with E-state index >= 15 is 0 Å². The lowest BCUT2D eigenvalue weighted by atomic mass is 10.4. The van der Waals surface area contributed by atoms with Crippen LogP contribution in [0.4, 0.5) is 0 Å². The fourth-order valence-electron chi connectivity index (χ4n) is 1.50. The van der Waals surface area contributed by atoms with Gasteiger partial charge in [-0.15, -0.1) is 0 Å². The quantitative estimate of drug-likeness (QED) is 0.597. The number of nitrogens with zero attached hydrogens (tertiary/aromatic N) is 2. The molecule has 0 unspecified atom stereocenters. The van der Waals surface area contributed by atoms with Gasteiger partial charge in [0.05, 0.1) is 6.20 Å². The van der Waals surface area contributed by atoms with Gasteiger partial charge in [0.2, 0.25) is 0 Å². The van der Waals surface area contributed by atoms with E-state index in [4.69, 9.17) is 12.2 Å². The Morgan fingerprint density at radius 3 is 3.06 bits per heavy atom. The van der Waals surface area contributed by atoms with E-state index in [-0.39, 0.29) is 0 Å². The standard InChI is InChI=1S/C11H18N4S/c1-9-7-13-15(8-9)6-2-5-12-11(16)14-10-3-4-10/h7-8,10H,2-6H2,1H3,(H2,12,14,16). The Labute approximate surface area is 101 Å². The first-order valence-corrected chi connectivity index (χ1v) is 6.18. The summed E-state index contributed by atoms with van der Waals surface area (Å²) in [4.78, 5) is 0. The molecule has 1 aliphatic carbocycles. The van der Waals surface area contributed by atoms with Crippen molar-refractivity contribution in [2.75, 3.05) is 6.54 Å². The Kier molecular flexibility index (Phi) is 3.77. The van der Waals surface area contributed by atoms with Crippen molar-refractivity contribution in [3.8, 4) is 0 Å². The molecular weight excluding hydrogens is 220 g/mol. The molecule has 1 saturated carbocycles. The number of aromatic nitrogens is 2. The number of nitrogens with one attached hydrogen (secondary N) is 2. The lowest BCUT2D eigenvalue weighted by molar-refractivity contribution is 0.571. The molecule has 1 heterocycles. The fourth-order valence-corrected chi connectivity index (χ4v) is 1.77. The zero-order chi connectivity index (χ0) is 11.4. The minimum Gasteiger partial charge on any atom is -0.363 e. The normalized spacial score (nSPS) is 14.8. The highest BCUT2D eigenvalue weighted by atomic mass is 32.1. The first-order valence-electron chi connectivity index (χ1n) is 5.77. The Hall–Kier alpha value is -1.10. The summed E-state index contributed by atoms with van der Waals surface area (Å²) in [7, 11) is 0. The maximum Gasteiger partial charge on any atom is 0.166 e. The highest BCUT2D eigenvalue weighted by Gasteiger charge is 2.21. The van der Waals surface area contributed by atoms with Gasteiger partial charge in [-0.05, 0) is 44.0 Å². The predicted molar refractivity (Wildman–Crippen MR) is 68.3 cm³/mol. The van der Waals surface area contributed by atoms with Gasteiger partial charge in [0.1, 0.15) is 0 Å². The molecule has 0 spiro atoms. The average molecular weight is 238 g/mol. The Balaban J connectivity index is 1.55. The summed E-state index contributed by atoms with van der Waals surface area (Å²) in [6.45, 7) is 3.89. The van der Waals surface area contributed by atoms with Crippen LogP contribution >= 0.6 is 12.2 Å². The molecule has 88 valence electrons. The molecule has 1 fully saturated rings. The summed E-state index contributed by atoms with van der Waals surface area (Å²) in [5, 5.41) is 11.5.